The number of benzene rings is 1. The molecule has 1 unspecified atom stereocenters. The van der Waals surface area contributed by atoms with Crippen molar-refractivity contribution >= 4 is 11.8 Å². The standard InChI is InChI=1S/C15H18F3NS/c16-15(17,18)12-5-7-19(8-6-12)9-11-10-20-14-4-2-1-3-13(11)14/h1-4,11-12H,5-10H2. The van der Waals surface area contributed by atoms with Gasteiger partial charge in [-0.25, -0.2) is 0 Å². The molecule has 1 nitrogen and oxygen atoms in total. The average Bonchev–Trinajstić information content (AvgIpc) is 2.82. The summed E-state index contributed by atoms with van der Waals surface area (Å²) >= 11 is 1.86. The molecule has 1 fully saturated rings. The molecule has 0 bridgehead atoms. The zero-order chi connectivity index (χ0) is 14.2. The van der Waals surface area contributed by atoms with Gasteiger partial charge in [-0.2, -0.15) is 13.2 Å². The van der Waals surface area contributed by atoms with Gasteiger partial charge in [0.2, 0.25) is 0 Å². The SMILES string of the molecule is FC(F)(F)C1CCN(CC2CSc3ccccc32)CC1. The Morgan fingerprint density at radius 2 is 1.85 bits per heavy atom. The second kappa shape index (κ2) is 5.60. The van der Waals surface area contributed by atoms with E-state index in [0.29, 0.717) is 19.0 Å². The number of nitrogens with zero attached hydrogens (tertiary/aromatic N) is 1. The van der Waals surface area contributed by atoms with Crippen LogP contribution in [0.2, 0.25) is 0 Å². The Hall–Kier alpha value is -0.680. The predicted octanol–water partition coefficient (Wildman–Crippen LogP) is 4.15. The number of rotatable bonds is 2. The Balaban J connectivity index is 1.56. The number of fused-ring (bicyclic) bond motifs is 1. The fraction of sp³-hybridized carbons (Fsp3) is 0.600. The Morgan fingerprint density at radius 3 is 2.55 bits per heavy atom. The van der Waals surface area contributed by atoms with Gasteiger partial charge in [-0.05, 0) is 37.6 Å². The van der Waals surface area contributed by atoms with Crippen molar-refractivity contribution in [2.75, 3.05) is 25.4 Å². The molecule has 0 spiro atoms. The summed E-state index contributed by atoms with van der Waals surface area (Å²) in [6.45, 7) is 2.05. The number of thioether (sulfide) groups is 1. The molecule has 5 heteroatoms. The molecule has 0 aromatic heterocycles. The Morgan fingerprint density at radius 1 is 1.15 bits per heavy atom. The van der Waals surface area contributed by atoms with E-state index in [1.807, 2.05) is 23.9 Å². The normalized spacial score (nSPS) is 24.9. The van der Waals surface area contributed by atoms with E-state index in [0.717, 1.165) is 12.3 Å². The Labute approximate surface area is 121 Å². The summed E-state index contributed by atoms with van der Waals surface area (Å²) in [5.41, 5.74) is 1.37. The largest absolute Gasteiger partial charge is 0.391 e. The first-order valence-electron chi connectivity index (χ1n) is 7.05. The number of halogens is 3. The summed E-state index contributed by atoms with van der Waals surface area (Å²) < 4.78 is 37.9. The first-order chi connectivity index (χ1) is 9.54. The van der Waals surface area contributed by atoms with E-state index in [2.05, 4.69) is 17.0 Å². The van der Waals surface area contributed by atoms with E-state index in [-0.39, 0.29) is 12.8 Å². The van der Waals surface area contributed by atoms with Crippen LogP contribution < -0.4 is 0 Å². The van der Waals surface area contributed by atoms with Gasteiger partial charge < -0.3 is 4.90 Å². The second-order valence-electron chi connectivity index (χ2n) is 5.66. The highest BCUT2D eigenvalue weighted by molar-refractivity contribution is 7.99. The van der Waals surface area contributed by atoms with E-state index in [1.165, 1.54) is 10.5 Å². The molecular weight excluding hydrogens is 283 g/mol. The Kier molecular flexibility index (Phi) is 4.00. The van der Waals surface area contributed by atoms with Crippen LogP contribution in [-0.4, -0.2) is 36.5 Å². The molecule has 110 valence electrons. The molecule has 1 aromatic rings. The van der Waals surface area contributed by atoms with Crippen LogP contribution in [0.1, 0.15) is 24.3 Å². The minimum absolute atomic E-state index is 0.255. The molecule has 0 radical (unpaired) electrons. The molecule has 1 atom stereocenters. The van der Waals surface area contributed by atoms with Crippen LogP contribution in [-0.2, 0) is 0 Å². The van der Waals surface area contributed by atoms with Crippen LogP contribution in [0.5, 0.6) is 0 Å². The molecule has 0 aliphatic carbocycles. The van der Waals surface area contributed by atoms with Crippen molar-refractivity contribution in [1.82, 2.24) is 4.90 Å². The van der Waals surface area contributed by atoms with Crippen LogP contribution in [0.4, 0.5) is 13.2 Å². The lowest BCUT2D eigenvalue weighted by Gasteiger charge is -2.34. The summed E-state index contributed by atoms with van der Waals surface area (Å²) in [6.07, 6.45) is -3.50. The number of likely N-dealkylation sites (tertiary alicyclic amines) is 1. The van der Waals surface area contributed by atoms with Crippen molar-refractivity contribution in [3.8, 4) is 0 Å². The van der Waals surface area contributed by atoms with E-state index >= 15 is 0 Å². The van der Waals surface area contributed by atoms with Crippen molar-refractivity contribution in [1.29, 1.82) is 0 Å². The van der Waals surface area contributed by atoms with Gasteiger partial charge in [0.15, 0.2) is 0 Å². The molecule has 1 saturated heterocycles. The van der Waals surface area contributed by atoms with Crippen LogP contribution in [0.3, 0.4) is 0 Å². The maximum Gasteiger partial charge on any atom is 0.391 e. The highest BCUT2D eigenvalue weighted by Crippen LogP contribution is 2.40. The summed E-state index contributed by atoms with van der Waals surface area (Å²) in [5.74, 6) is 0.432. The van der Waals surface area contributed by atoms with Gasteiger partial charge in [0.25, 0.3) is 0 Å². The molecular formula is C15H18F3NS. The first-order valence-corrected chi connectivity index (χ1v) is 8.03. The summed E-state index contributed by atoms with van der Waals surface area (Å²) in [4.78, 5) is 3.54. The van der Waals surface area contributed by atoms with E-state index in [4.69, 9.17) is 0 Å². The smallest absolute Gasteiger partial charge is 0.303 e. The topological polar surface area (TPSA) is 3.24 Å². The van der Waals surface area contributed by atoms with Gasteiger partial charge >= 0.3 is 6.18 Å². The van der Waals surface area contributed by atoms with Gasteiger partial charge in [0.05, 0.1) is 5.92 Å². The second-order valence-corrected chi connectivity index (χ2v) is 6.72. The molecule has 2 heterocycles. The van der Waals surface area contributed by atoms with E-state index < -0.39 is 12.1 Å². The molecule has 0 amide bonds. The lowest BCUT2D eigenvalue weighted by Crippen LogP contribution is -2.40. The molecule has 0 saturated carbocycles. The van der Waals surface area contributed by atoms with E-state index in [1.54, 1.807) is 0 Å². The number of piperidine rings is 1. The fourth-order valence-electron chi connectivity index (χ4n) is 3.13. The third-order valence-electron chi connectivity index (χ3n) is 4.33. The zero-order valence-electron chi connectivity index (χ0n) is 11.2. The highest BCUT2D eigenvalue weighted by Gasteiger charge is 2.41. The first kappa shape index (κ1) is 14.3. The number of hydrogen-bond acceptors (Lipinski definition) is 2. The van der Waals surface area contributed by atoms with Crippen LogP contribution >= 0.6 is 11.8 Å². The van der Waals surface area contributed by atoms with Gasteiger partial charge in [-0.15, -0.1) is 11.8 Å². The van der Waals surface area contributed by atoms with Gasteiger partial charge in [0, 0.05) is 23.1 Å². The van der Waals surface area contributed by atoms with Crippen LogP contribution in [0.15, 0.2) is 29.2 Å². The number of alkyl halides is 3. The third-order valence-corrected chi connectivity index (χ3v) is 5.58. The summed E-state index contributed by atoms with van der Waals surface area (Å²) in [7, 11) is 0. The maximum absolute atomic E-state index is 12.6. The molecule has 0 N–H and O–H groups in total. The molecule has 1 aromatic carbocycles. The predicted molar refractivity (Wildman–Crippen MR) is 75.1 cm³/mol. The van der Waals surface area contributed by atoms with Gasteiger partial charge in [-0.3, -0.25) is 0 Å². The van der Waals surface area contributed by atoms with Crippen molar-refractivity contribution < 1.29 is 13.2 Å². The third kappa shape index (κ3) is 2.98. The zero-order valence-corrected chi connectivity index (χ0v) is 12.0. The highest BCUT2D eigenvalue weighted by atomic mass is 32.2. The van der Waals surface area contributed by atoms with Gasteiger partial charge in [-0.1, -0.05) is 18.2 Å². The van der Waals surface area contributed by atoms with Crippen molar-refractivity contribution in [3.05, 3.63) is 29.8 Å². The van der Waals surface area contributed by atoms with Crippen molar-refractivity contribution in [2.24, 2.45) is 5.92 Å². The monoisotopic (exact) mass is 301 g/mol. The summed E-state index contributed by atoms with van der Waals surface area (Å²) in [5, 5.41) is 0. The maximum atomic E-state index is 12.6. The van der Waals surface area contributed by atoms with Gasteiger partial charge in [0.1, 0.15) is 0 Å². The molecule has 20 heavy (non-hydrogen) atoms. The van der Waals surface area contributed by atoms with Crippen molar-refractivity contribution in [2.45, 2.75) is 29.8 Å². The molecule has 2 aliphatic heterocycles. The van der Waals surface area contributed by atoms with Crippen molar-refractivity contribution in [3.63, 3.8) is 0 Å². The van der Waals surface area contributed by atoms with E-state index in [9.17, 15) is 13.2 Å². The lowest BCUT2D eigenvalue weighted by atomic mass is 9.94. The number of hydrogen-bond donors (Lipinski definition) is 0. The molecule has 3 rings (SSSR count). The summed E-state index contributed by atoms with van der Waals surface area (Å²) in [6, 6.07) is 8.38. The quantitative estimate of drug-likeness (QED) is 0.807. The lowest BCUT2D eigenvalue weighted by molar-refractivity contribution is -0.185. The van der Waals surface area contributed by atoms with Crippen LogP contribution in [0.25, 0.3) is 0 Å². The molecule has 2 aliphatic rings. The Bertz CT molecular complexity index is 466. The minimum atomic E-state index is -4.01. The minimum Gasteiger partial charge on any atom is -0.303 e. The average molecular weight is 301 g/mol. The fourth-order valence-corrected chi connectivity index (χ4v) is 4.38. The van der Waals surface area contributed by atoms with Crippen LogP contribution in [0, 0.1) is 5.92 Å².